The van der Waals surface area contributed by atoms with Crippen LogP contribution in [-0.4, -0.2) is 42.3 Å². The van der Waals surface area contributed by atoms with E-state index in [0.717, 1.165) is 0 Å². The number of rotatable bonds is 5. The Morgan fingerprint density at radius 3 is 2.71 bits per heavy atom. The van der Waals surface area contributed by atoms with Gasteiger partial charge in [-0.05, 0) is 13.3 Å². The fourth-order valence-electron chi connectivity index (χ4n) is 1.79. The number of carbonyl (C=O) groups excluding carboxylic acids is 1. The van der Waals surface area contributed by atoms with Crippen LogP contribution in [0.3, 0.4) is 0 Å². The van der Waals surface area contributed by atoms with Gasteiger partial charge in [-0.1, -0.05) is 13.3 Å². The number of ether oxygens (including phenoxy) is 1. The van der Waals surface area contributed by atoms with Crippen LogP contribution >= 0.6 is 0 Å². The first kappa shape index (κ1) is 13.9. The Morgan fingerprint density at radius 2 is 2.29 bits per heavy atom. The Hall–Kier alpha value is -1.14. The van der Waals surface area contributed by atoms with Crippen molar-refractivity contribution in [1.82, 2.24) is 5.32 Å². The van der Waals surface area contributed by atoms with Crippen molar-refractivity contribution in [3.63, 3.8) is 0 Å². The molecule has 1 heterocycles. The second-order valence-corrected chi connectivity index (χ2v) is 4.69. The first-order valence-electron chi connectivity index (χ1n) is 5.79. The minimum absolute atomic E-state index is 0.235. The maximum atomic E-state index is 12.0. The summed E-state index contributed by atoms with van der Waals surface area (Å²) in [5, 5.41) is 11.5. The Bertz CT molecular complexity index is 308. The van der Waals surface area contributed by atoms with Gasteiger partial charge >= 0.3 is 5.97 Å². The van der Waals surface area contributed by atoms with Crippen molar-refractivity contribution >= 4 is 11.9 Å². The van der Waals surface area contributed by atoms with Crippen LogP contribution in [0.15, 0.2) is 0 Å². The normalized spacial score (nSPS) is 29.9. The molecule has 3 atom stereocenters. The molecule has 1 aliphatic heterocycles. The summed E-state index contributed by atoms with van der Waals surface area (Å²) in [4.78, 5) is 23.0. The van der Waals surface area contributed by atoms with Gasteiger partial charge in [0, 0.05) is 6.04 Å². The van der Waals surface area contributed by atoms with Crippen molar-refractivity contribution < 1.29 is 19.4 Å². The van der Waals surface area contributed by atoms with E-state index in [1.165, 1.54) is 0 Å². The van der Waals surface area contributed by atoms with E-state index in [4.69, 9.17) is 15.6 Å². The Morgan fingerprint density at radius 1 is 1.65 bits per heavy atom. The molecule has 0 saturated carbocycles. The van der Waals surface area contributed by atoms with Crippen molar-refractivity contribution in [3.8, 4) is 0 Å². The summed E-state index contributed by atoms with van der Waals surface area (Å²) in [7, 11) is 0. The number of carboxylic acids is 1. The number of nitrogens with one attached hydrogen (secondary N) is 1. The minimum Gasteiger partial charge on any atom is -0.480 e. The van der Waals surface area contributed by atoms with E-state index in [-0.39, 0.29) is 12.5 Å². The van der Waals surface area contributed by atoms with E-state index in [9.17, 15) is 9.59 Å². The van der Waals surface area contributed by atoms with Gasteiger partial charge < -0.3 is 20.9 Å². The molecule has 0 aromatic heterocycles. The standard InChI is InChI=1S/C11H20N2O4/c1-3-4-7(9(14)15)13-10(16)11(2)6-17-5-8(11)12/h7-8H,3-6,12H2,1-2H3,(H,13,16)(H,14,15)/t7-,8?,11?/m1/s1. The molecule has 17 heavy (non-hydrogen) atoms. The molecule has 0 radical (unpaired) electrons. The average molecular weight is 244 g/mol. The Labute approximate surface area is 101 Å². The molecule has 4 N–H and O–H groups in total. The number of hydrogen-bond donors (Lipinski definition) is 3. The van der Waals surface area contributed by atoms with E-state index in [0.29, 0.717) is 19.4 Å². The third-order valence-electron chi connectivity index (χ3n) is 3.22. The largest absolute Gasteiger partial charge is 0.480 e. The molecule has 1 saturated heterocycles. The van der Waals surface area contributed by atoms with Gasteiger partial charge in [0.1, 0.15) is 6.04 Å². The number of hydrogen-bond acceptors (Lipinski definition) is 4. The lowest BCUT2D eigenvalue weighted by Crippen LogP contribution is -2.53. The van der Waals surface area contributed by atoms with Crippen molar-refractivity contribution in [1.29, 1.82) is 0 Å². The van der Waals surface area contributed by atoms with Crippen LogP contribution in [0.5, 0.6) is 0 Å². The van der Waals surface area contributed by atoms with Gasteiger partial charge in [-0.15, -0.1) is 0 Å². The van der Waals surface area contributed by atoms with Crippen LogP contribution in [0, 0.1) is 5.41 Å². The summed E-state index contributed by atoms with van der Waals surface area (Å²) in [6.45, 7) is 4.13. The zero-order valence-electron chi connectivity index (χ0n) is 10.2. The highest BCUT2D eigenvalue weighted by Crippen LogP contribution is 2.27. The van der Waals surface area contributed by atoms with E-state index in [1.54, 1.807) is 6.92 Å². The highest BCUT2D eigenvalue weighted by Gasteiger charge is 2.45. The van der Waals surface area contributed by atoms with E-state index in [1.807, 2.05) is 6.92 Å². The summed E-state index contributed by atoms with van der Waals surface area (Å²) in [5.74, 6) is -1.36. The SMILES string of the molecule is CCC[C@@H](NC(=O)C1(C)COCC1N)C(=O)O. The van der Waals surface area contributed by atoms with Crippen LogP contribution in [0.4, 0.5) is 0 Å². The quantitative estimate of drug-likeness (QED) is 0.617. The minimum atomic E-state index is -1.02. The number of aliphatic carboxylic acids is 1. The molecule has 0 bridgehead atoms. The molecule has 98 valence electrons. The summed E-state index contributed by atoms with van der Waals surface area (Å²) >= 11 is 0. The zero-order valence-corrected chi connectivity index (χ0v) is 10.2. The molecule has 1 amide bonds. The topological polar surface area (TPSA) is 102 Å². The van der Waals surface area contributed by atoms with Crippen molar-refractivity contribution in [2.45, 2.75) is 38.8 Å². The molecule has 0 aromatic carbocycles. The molecular formula is C11H20N2O4. The highest BCUT2D eigenvalue weighted by molar-refractivity contribution is 5.88. The van der Waals surface area contributed by atoms with Gasteiger partial charge in [0.2, 0.25) is 5.91 Å². The lowest BCUT2D eigenvalue weighted by molar-refractivity contribution is -0.144. The summed E-state index contributed by atoms with van der Waals surface area (Å²) in [6, 6.07) is -1.24. The molecule has 1 rings (SSSR count). The Kier molecular flexibility index (Phi) is 4.47. The number of amides is 1. The smallest absolute Gasteiger partial charge is 0.326 e. The molecule has 1 aliphatic rings. The molecule has 2 unspecified atom stereocenters. The number of carbonyl (C=O) groups is 2. The maximum Gasteiger partial charge on any atom is 0.326 e. The third kappa shape index (κ3) is 2.95. The molecule has 1 fully saturated rings. The van der Waals surface area contributed by atoms with Crippen molar-refractivity contribution in [2.24, 2.45) is 11.1 Å². The predicted molar refractivity (Wildman–Crippen MR) is 61.4 cm³/mol. The first-order valence-corrected chi connectivity index (χ1v) is 5.79. The summed E-state index contributed by atoms with van der Waals surface area (Å²) in [5.41, 5.74) is 4.97. The molecule has 0 aliphatic carbocycles. The van der Waals surface area contributed by atoms with Gasteiger partial charge in [-0.2, -0.15) is 0 Å². The van der Waals surface area contributed by atoms with E-state index >= 15 is 0 Å². The van der Waals surface area contributed by atoms with Gasteiger partial charge in [0.15, 0.2) is 0 Å². The first-order chi connectivity index (χ1) is 7.91. The predicted octanol–water partition coefficient (Wildman–Crippen LogP) is -0.280. The molecule has 6 nitrogen and oxygen atoms in total. The molecule has 0 spiro atoms. The lowest BCUT2D eigenvalue weighted by Gasteiger charge is -2.27. The van der Waals surface area contributed by atoms with E-state index < -0.39 is 23.5 Å². The van der Waals surface area contributed by atoms with Gasteiger partial charge in [-0.3, -0.25) is 4.79 Å². The second-order valence-electron chi connectivity index (χ2n) is 4.69. The molecular weight excluding hydrogens is 224 g/mol. The molecule has 6 heteroatoms. The van der Waals surface area contributed by atoms with Crippen LogP contribution < -0.4 is 11.1 Å². The van der Waals surface area contributed by atoms with E-state index in [2.05, 4.69) is 5.32 Å². The summed E-state index contributed by atoms with van der Waals surface area (Å²) < 4.78 is 5.16. The van der Waals surface area contributed by atoms with Crippen LogP contribution in [0.25, 0.3) is 0 Å². The Balaban J connectivity index is 2.66. The van der Waals surface area contributed by atoms with Crippen LogP contribution in [0.2, 0.25) is 0 Å². The van der Waals surface area contributed by atoms with Crippen molar-refractivity contribution in [2.75, 3.05) is 13.2 Å². The van der Waals surface area contributed by atoms with Gasteiger partial charge in [0.25, 0.3) is 0 Å². The zero-order chi connectivity index (χ0) is 13.1. The second kappa shape index (κ2) is 5.46. The lowest BCUT2D eigenvalue weighted by atomic mass is 9.84. The van der Waals surface area contributed by atoms with Gasteiger partial charge in [0.05, 0.1) is 18.6 Å². The third-order valence-corrected chi connectivity index (χ3v) is 3.22. The fourth-order valence-corrected chi connectivity index (χ4v) is 1.79. The molecule has 0 aromatic rings. The van der Waals surface area contributed by atoms with Crippen LogP contribution in [0.1, 0.15) is 26.7 Å². The maximum absolute atomic E-state index is 12.0. The highest BCUT2D eigenvalue weighted by atomic mass is 16.5. The number of carboxylic acid groups (broad SMARTS) is 1. The van der Waals surface area contributed by atoms with Crippen molar-refractivity contribution in [3.05, 3.63) is 0 Å². The monoisotopic (exact) mass is 244 g/mol. The number of nitrogens with two attached hydrogens (primary N) is 1. The average Bonchev–Trinajstić information content (AvgIpc) is 2.59. The van der Waals surface area contributed by atoms with Crippen LogP contribution in [-0.2, 0) is 14.3 Å². The summed E-state index contributed by atoms with van der Waals surface area (Å²) in [6.07, 6.45) is 1.10. The van der Waals surface area contributed by atoms with Gasteiger partial charge in [-0.25, -0.2) is 4.79 Å². The fraction of sp³-hybridized carbons (Fsp3) is 0.818.